The Kier molecular flexibility index (Phi) is 3.18. The van der Waals surface area contributed by atoms with Gasteiger partial charge in [0.1, 0.15) is 0 Å². The minimum atomic E-state index is 0.418. The number of hydrogen-bond acceptors (Lipinski definition) is 0. The van der Waals surface area contributed by atoms with Crippen molar-refractivity contribution in [3.05, 3.63) is 70.3 Å². The van der Waals surface area contributed by atoms with Gasteiger partial charge in [0, 0.05) is 0 Å². The molecule has 0 nitrogen and oxygen atoms in total. The second kappa shape index (κ2) is 5.03. The molecule has 1 aromatic heterocycles. The SMILES string of the molecule is Ic1ccccc1-c1cccc2c1[se]c1ccccc12. The van der Waals surface area contributed by atoms with Crippen molar-refractivity contribution < 1.29 is 0 Å². The average molecular weight is 433 g/mol. The predicted octanol–water partition coefficient (Wildman–Crippen LogP) is 5.32. The summed E-state index contributed by atoms with van der Waals surface area (Å²) in [6, 6.07) is 24.2. The van der Waals surface area contributed by atoms with Crippen molar-refractivity contribution in [2.45, 2.75) is 0 Å². The predicted molar refractivity (Wildman–Crippen MR) is 96.5 cm³/mol. The van der Waals surface area contributed by atoms with E-state index in [0.717, 1.165) is 0 Å². The van der Waals surface area contributed by atoms with Crippen LogP contribution in [0.2, 0.25) is 0 Å². The van der Waals surface area contributed by atoms with Crippen molar-refractivity contribution >= 4 is 56.4 Å². The topological polar surface area (TPSA) is 0 Å². The summed E-state index contributed by atoms with van der Waals surface area (Å²) in [5, 5.41) is 2.85. The van der Waals surface area contributed by atoms with Crippen LogP contribution in [-0.2, 0) is 0 Å². The molecule has 3 aromatic carbocycles. The van der Waals surface area contributed by atoms with E-state index < -0.39 is 0 Å². The average Bonchev–Trinajstić information content (AvgIpc) is 2.86. The molecule has 0 saturated carbocycles. The summed E-state index contributed by atoms with van der Waals surface area (Å²) in [6.45, 7) is 0. The molecule has 0 fully saturated rings. The molecule has 0 spiro atoms. The van der Waals surface area contributed by atoms with Crippen molar-refractivity contribution in [1.82, 2.24) is 0 Å². The van der Waals surface area contributed by atoms with Crippen molar-refractivity contribution in [1.29, 1.82) is 0 Å². The summed E-state index contributed by atoms with van der Waals surface area (Å²) in [4.78, 5) is 0. The van der Waals surface area contributed by atoms with Crippen molar-refractivity contribution in [2.24, 2.45) is 0 Å². The van der Waals surface area contributed by atoms with E-state index in [2.05, 4.69) is 89.3 Å². The van der Waals surface area contributed by atoms with Crippen LogP contribution in [0.4, 0.5) is 0 Å². The molecule has 96 valence electrons. The maximum absolute atomic E-state index is 2.44. The van der Waals surface area contributed by atoms with Crippen molar-refractivity contribution in [3.8, 4) is 11.1 Å². The van der Waals surface area contributed by atoms with Crippen LogP contribution in [0.3, 0.4) is 0 Å². The molecule has 4 rings (SSSR count). The Labute approximate surface area is 137 Å². The van der Waals surface area contributed by atoms with E-state index in [1.807, 2.05) is 0 Å². The summed E-state index contributed by atoms with van der Waals surface area (Å²) in [6.07, 6.45) is 0. The van der Waals surface area contributed by atoms with E-state index >= 15 is 0 Å². The fraction of sp³-hybridized carbons (Fsp3) is 0. The molecule has 20 heavy (non-hydrogen) atoms. The number of fused-ring (bicyclic) bond motifs is 3. The van der Waals surface area contributed by atoms with E-state index in [-0.39, 0.29) is 0 Å². The number of rotatable bonds is 1. The van der Waals surface area contributed by atoms with Gasteiger partial charge in [0.25, 0.3) is 0 Å². The standard InChI is InChI=1S/C18H11ISe/c19-16-10-3-1-6-12(16)14-8-5-9-15-13-7-2-4-11-17(13)20-18(14)15/h1-11H. The Morgan fingerprint density at radius 2 is 1.35 bits per heavy atom. The van der Waals surface area contributed by atoms with Crippen LogP contribution >= 0.6 is 22.6 Å². The second-order valence-electron chi connectivity index (χ2n) is 4.76. The zero-order valence-electron chi connectivity index (χ0n) is 10.6. The molecule has 0 N–H and O–H groups in total. The van der Waals surface area contributed by atoms with Crippen LogP contribution in [0.15, 0.2) is 66.7 Å². The molecular weight excluding hydrogens is 422 g/mol. The molecule has 0 unspecified atom stereocenters. The van der Waals surface area contributed by atoms with E-state index in [1.54, 1.807) is 0 Å². The molecule has 0 aliphatic carbocycles. The number of hydrogen-bond donors (Lipinski definition) is 0. The summed E-state index contributed by atoms with van der Waals surface area (Å²) in [5.41, 5.74) is 2.77. The molecule has 4 aromatic rings. The van der Waals surface area contributed by atoms with E-state index in [1.165, 1.54) is 34.0 Å². The minimum absolute atomic E-state index is 0.418. The number of halogens is 1. The van der Waals surface area contributed by atoms with E-state index in [9.17, 15) is 0 Å². The van der Waals surface area contributed by atoms with E-state index in [0.29, 0.717) is 14.5 Å². The van der Waals surface area contributed by atoms with Gasteiger partial charge in [0.15, 0.2) is 0 Å². The van der Waals surface area contributed by atoms with Gasteiger partial charge in [0.05, 0.1) is 0 Å². The van der Waals surface area contributed by atoms with Gasteiger partial charge in [-0.25, -0.2) is 0 Å². The Morgan fingerprint density at radius 1 is 0.650 bits per heavy atom. The van der Waals surface area contributed by atoms with Gasteiger partial charge in [-0.2, -0.15) is 0 Å². The first-order valence-corrected chi connectivity index (χ1v) is 9.29. The fourth-order valence-electron chi connectivity index (χ4n) is 2.64. The molecular formula is C18H11ISe. The molecule has 0 amide bonds. The van der Waals surface area contributed by atoms with Crippen LogP contribution in [0.25, 0.3) is 30.4 Å². The van der Waals surface area contributed by atoms with Gasteiger partial charge in [-0.1, -0.05) is 0 Å². The van der Waals surface area contributed by atoms with Crippen LogP contribution < -0.4 is 0 Å². The van der Waals surface area contributed by atoms with Gasteiger partial charge >= 0.3 is 138 Å². The third-order valence-electron chi connectivity index (χ3n) is 3.57. The fourth-order valence-corrected chi connectivity index (χ4v) is 5.90. The van der Waals surface area contributed by atoms with Crippen LogP contribution in [0, 0.1) is 3.57 Å². The van der Waals surface area contributed by atoms with Crippen molar-refractivity contribution in [3.63, 3.8) is 0 Å². The monoisotopic (exact) mass is 434 g/mol. The molecule has 0 bridgehead atoms. The molecule has 1 heterocycles. The third-order valence-corrected chi connectivity index (χ3v) is 7.07. The summed E-state index contributed by atoms with van der Waals surface area (Å²) < 4.78 is 4.36. The number of benzene rings is 3. The van der Waals surface area contributed by atoms with Gasteiger partial charge in [-0.05, 0) is 0 Å². The first-order valence-electron chi connectivity index (χ1n) is 6.50. The normalized spacial score (nSPS) is 11.2. The van der Waals surface area contributed by atoms with Gasteiger partial charge in [-0.15, -0.1) is 0 Å². The molecule has 0 radical (unpaired) electrons. The van der Waals surface area contributed by atoms with Gasteiger partial charge in [-0.3, -0.25) is 0 Å². The first kappa shape index (κ1) is 12.6. The zero-order chi connectivity index (χ0) is 13.5. The zero-order valence-corrected chi connectivity index (χ0v) is 14.5. The molecule has 0 aliphatic heterocycles. The summed E-state index contributed by atoms with van der Waals surface area (Å²) >= 11 is 2.85. The van der Waals surface area contributed by atoms with Crippen LogP contribution in [0.5, 0.6) is 0 Å². The third kappa shape index (κ3) is 1.95. The van der Waals surface area contributed by atoms with E-state index in [4.69, 9.17) is 0 Å². The van der Waals surface area contributed by atoms with Gasteiger partial charge < -0.3 is 0 Å². The first-order chi connectivity index (χ1) is 9.84. The summed E-state index contributed by atoms with van der Waals surface area (Å²) in [5.74, 6) is 0. The maximum atomic E-state index is 2.44. The molecule has 0 saturated heterocycles. The van der Waals surface area contributed by atoms with Crippen LogP contribution in [0.1, 0.15) is 0 Å². The Bertz CT molecular complexity index is 921. The molecule has 0 atom stereocenters. The van der Waals surface area contributed by atoms with Crippen molar-refractivity contribution in [2.75, 3.05) is 0 Å². The summed E-state index contributed by atoms with van der Waals surface area (Å²) in [7, 11) is 0. The van der Waals surface area contributed by atoms with Gasteiger partial charge in [0.2, 0.25) is 0 Å². The quantitative estimate of drug-likeness (QED) is 0.282. The Balaban J connectivity index is 2.13. The molecule has 2 heteroatoms. The second-order valence-corrected chi connectivity index (χ2v) is 8.13. The Morgan fingerprint density at radius 3 is 2.25 bits per heavy atom. The molecule has 0 aliphatic rings. The van der Waals surface area contributed by atoms with Crippen LogP contribution in [-0.4, -0.2) is 14.5 Å². The Hall–Kier alpha value is -1.09.